The number of allylic oxidation sites excluding steroid dienone is 1. The van der Waals surface area contributed by atoms with Crippen LogP contribution < -0.4 is 9.47 Å². The monoisotopic (exact) mass is 309 g/mol. The number of aromatic nitrogens is 3. The number of aryl methyl sites for hydroxylation is 1. The average molecular weight is 309 g/mol. The first-order valence-corrected chi connectivity index (χ1v) is 7.50. The molecule has 0 aliphatic heterocycles. The van der Waals surface area contributed by atoms with E-state index < -0.39 is 0 Å². The zero-order chi connectivity index (χ0) is 16.1. The Kier molecular flexibility index (Phi) is 4.57. The quantitative estimate of drug-likeness (QED) is 0.627. The highest BCUT2D eigenvalue weighted by Gasteiger charge is 2.08. The first kappa shape index (κ1) is 15.1. The number of rotatable bonds is 7. The molecule has 5 nitrogen and oxygen atoms in total. The van der Waals surface area contributed by atoms with Crippen LogP contribution in [-0.2, 0) is 13.0 Å². The van der Waals surface area contributed by atoms with Crippen molar-refractivity contribution in [2.24, 2.45) is 0 Å². The Bertz CT molecular complexity index is 794. The van der Waals surface area contributed by atoms with Gasteiger partial charge in [0.1, 0.15) is 12.4 Å². The number of hydrogen-bond acceptors (Lipinski definition) is 4. The summed E-state index contributed by atoms with van der Waals surface area (Å²) in [5.41, 5.74) is 2.83. The van der Waals surface area contributed by atoms with E-state index in [4.69, 9.17) is 9.47 Å². The van der Waals surface area contributed by atoms with E-state index in [1.54, 1.807) is 17.8 Å². The molecule has 0 atom stereocenters. The van der Waals surface area contributed by atoms with Crippen LogP contribution in [-0.4, -0.2) is 21.7 Å². The minimum absolute atomic E-state index is 0.462. The molecule has 2 aromatic heterocycles. The van der Waals surface area contributed by atoms with Crippen LogP contribution in [0.15, 0.2) is 55.3 Å². The van der Waals surface area contributed by atoms with Gasteiger partial charge in [-0.05, 0) is 30.5 Å². The van der Waals surface area contributed by atoms with Crippen LogP contribution in [0.25, 0.3) is 5.65 Å². The van der Waals surface area contributed by atoms with Crippen molar-refractivity contribution < 1.29 is 9.47 Å². The van der Waals surface area contributed by atoms with Gasteiger partial charge in [0.15, 0.2) is 5.65 Å². The number of nitrogens with zero attached hydrogens (tertiary/aromatic N) is 3. The normalized spacial score (nSPS) is 10.7. The molecule has 0 radical (unpaired) electrons. The summed E-state index contributed by atoms with van der Waals surface area (Å²) in [7, 11) is 1.65. The lowest BCUT2D eigenvalue weighted by Gasteiger charge is -2.10. The van der Waals surface area contributed by atoms with Crippen LogP contribution in [0, 0.1) is 0 Å². The van der Waals surface area contributed by atoms with Gasteiger partial charge in [0.2, 0.25) is 5.88 Å². The zero-order valence-corrected chi connectivity index (χ0v) is 13.1. The molecule has 0 fully saturated rings. The molecular weight excluding hydrogens is 290 g/mol. The lowest BCUT2D eigenvalue weighted by atomic mass is 10.2. The lowest BCUT2D eigenvalue weighted by Crippen LogP contribution is -2.04. The number of benzene rings is 1. The Hall–Kier alpha value is -2.82. The maximum absolute atomic E-state index is 5.95. The minimum atomic E-state index is 0.462. The molecule has 3 aromatic rings. The number of ether oxygens (including phenoxy) is 2. The van der Waals surface area contributed by atoms with Crippen LogP contribution >= 0.6 is 0 Å². The Balaban J connectivity index is 1.79. The number of fused-ring (bicyclic) bond motifs is 1. The molecule has 2 heterocycles. The standard InChI is InChI=1S/C18H19N3O2/c1-3-4-5-15-12-18(21-17(20-15)10-11-19-21)23-13-14-6-8-16(22-2)9-7-14/h3,6-12H,1,4-5,13H2,2H3. The molecule has 118 valence electrons. The van der Waals surface area contributed by atoms with Crippen LogP contribution in [0.3, 0.4) is 0 Å². The summed E-state index contributed by atoms with van der Waals surface area (Å²) in [5.74, 6) is 1.52. The van der Waals surface area contributed by atoms with Crippen LogP contribution in [0.5, 0.6) is 11.6 Å². The van der Waals surface area contributed by atoms with E-state index in [1.165, 1.54) is 0 Å². The summed E-state index contributed by atoms with van der Waals surface area (Å²) in [6.45, 7) is 4.22. The topological polar surface area (TPSA) is 48.7 Å². The highest BCUT2D eigenvalue weighted by Crippen LogP contribution is 2.18. The molecule has 3 rings (SSSR count). The van der Waals surface area contributed by atoms with E-state index in [9.17, 15) is 0 Å². The third-order valence-corrected chi connectivity index (χ3v) is 3.53. The van der Waals surface area contributed by atoms with Gasteiger partial charge in [0.25, 0.3) is 0 Å². The van der Waals surface area contributed by atoms with Crippen LogP contribution in [0.4, 0.5) is 0 Å². The van der Waals surface area contributed by atoms with Crippen LogP contribution in [0.2, 0.25) is 0 Å². The molecule has 0 aliphatic carbocycles. The third kappa shape index (κ3) is 3.51. The predicted molar refractivity (Wildman–Crippen MR) is 88.8 cm³/mol. The molecule has 0 aliphatic rings. The second-order valence-electron chi connectivity index (χ2n) is 5.15. The summed E-state index contributed by atoms with van der Waals surface area (Å²) in [5, 5.41) is 4.27. The van der Waals surface area contributed by atoms with Gasteiger partial charge in [-0.25, -0.2) is 4.98 Å². The van der Waals surface area contributed by atoms with Gasteiger partial charge in [-0.15, -0.1) is 6.58 Å². The highest BCUT2D eigenvalue weighted by molar-refractivity contribution is 5.41. The molecule has 5 heteroatoms. The van der Waals surface area contributed by atoms with Crippen molar-refractivity contribution in [3.63, 3.8) is 0 Å². The summed E-state index contributed by atoms with van der Waals surface area (Å²) in [6, 6.07) is 11.6. The second kappa shape index (κ2) is 6.96. The predicted octanol–water partition coefficient (Wildman–Crippen LogP) is 3.44. The average Bonchev–Trinajstić information content (AvgIpc) is 3.07. The van der Waals surface area contributed by atoms with Crippen LogP contribution in [0.1, 0.15) is 17.7 Å². The van der Waals surface area contributed by atoms with Gasteiger partial charge < -0.3 is 9.47 Å². The van der Waals surface area contributed by atoms with Crippen molar-refractivity contribution in [2.75, 3.05) is 7.11 Å². The second-order valence-corrected chi connectivity index (χ2v) is 5.15. The molecule has 1 aromatic carbocycles. The minimum Gasteiger partial charge on any atom is -0.497 e. The van der Waals surface area contributed by atoms with E-state index in [0.29, 0.717) is 12.5 Å². The molecular formula is C18H19N3O2. The molecule has 0 saturated heterocycles. The summed E-state index contributed by atoms with van der Waals surface area (Å²) < 4.78 is 12.8. The van der Waals surface area contributed by atoms with E-state index in [0.717, 1.165) is 35.5 Å². The molecule has 0 unspecified atom stereocenters. The van der Waals surface area contributed by atoms with Gasteiger partial charge in [-0.2, -0.15) is 9.61 Å². The fourth-order valence-corrected chi connectivity index (χ4v) is 2.29. The summed E-state index contributed by atoms with van der Waals surface area (Å²) >= 11 is 0. The van der Waals surface area contributed by atoms with E-state index in [1.807, 2.05) is 42.5 Å². The third-order valence-electron chi connectivity index (χ3n) is 3.53. The van der Waals surface area contributed by atoms with Gasteiger partial charge in [0.05, 0.1) is 13.3 Å². The van der Waals surface area contributed by atoms with Crippen molar-refractivity contribution in [1.82, 2.24) is 14.6 Å². The fraction of sp³-hybridized carbons (Fsp3) is 0.222. The maximum Gasteiger partial charge on any atom is 0.218 e. The number of hydrogen-bond donors (Lipinski definition) is 0. The fourth-order valence-electron chi connectivity index (χ4n) is 2.29. The highest BCUT2D eigenvalue weighted by atomic mass is 16.5. The first-order valence-electron chi connectivity index (χ1n) is 7.50. The van der Waals surface area contributed by atoms with Crippen molar-refractivity contribution in [3.8, 4) is 11.6 Å². The molecule has 23 heavy (non-hydrogen) atoms. The van der Waals surface area contributed by atoms with Gasteiger partial charge in [-0.1, -0.05) is 18.2 Å². The van der Waals surface area contributed by atoms with Gasteiger partial charge in [-0.3, -0.25) is 0 Å². The van der Waals surface area contributed by atoms with Crippen molar-refractivity contribution in [3.05, 3.63) is 66.5 Å². The maximum atomic E-state index is 5.95. The van der Waals surface area contributed by atoms with E-state index in [-0.39, 0.29) is 0 Å². The molecule has 0 spiro atoms. The lowest BCUT2D eigenvalue weighted by molar-refractivity contribution is 0.285. The van der Waals surface area contributed by atoms with Gasteiger partial charge >= 0.3 is 0 Å². The Morgan fingerprint density at radius 3 is 2.78 bits per heavy atom. The Labute approximate surface area is 135 Å². The van der Waals surface area contributed by atoms with Crippen molar-refractivity contribution in [2.45, 2.75) is 19.4 Å². The largest absolute Gasteiger partial charge is 0.497 e. The summed E-state index contributed by atoms with van der Waals surface area (Å²) in [6.07, 6.45) is 5.33. The molecule has 0 saturated carbocycles. The smallest absolute Gasteiger partial charge is 0.218 e. The van der Waals surface area contributed by atoms with Crippen molar-refractivity contribution >= 4 is 5.65 Å². The Morgan fingerprint density at radius 1 is 1.22 bits per heavy atom. The van der Waals surface area contributed by atoms with Crippen molar-refractivity contribution in [1.29, 1.82) is 0 Å². The number of methoxy groups -OCH3 is 1. The molecule has 0 N–H and O–H groups in total. The zero-order valence-electron chi connectivity index (χ0n) is 13.1. The Morgan fingerprint density at radius 2 is 2.04 bits per heavy atom. The molecule has 0 amide bonds. The first-order chi connectivity index (χ1) is 11.3. The summed E-state index contributed by atoms with van der Waals surface area (Å²) in [4.78, 5) is 4.57. The SMILES string of the molecule is C=CCCc1cc(OCc2ccc(OC)cc2)n2nccc2n1. The molecule has 0 bridgehead atoms. The van der Waals surface area contributed by atoms with E-state index >= 15 is 0 Å². The van der Waals surface area contributed by atoms with Gasteiger partial charge in [0, 0.05) is 17.8 Å². The van der Waals surface area contributed by atoms with E-state index in [2.05, 4.69) is 16.7 Å².